The maximum Gasteiger partial charge on any atom is 0.420 e. The minimum Gasteiger partial charge on any atom is -0.443 e. The average molecular weight is 389 g/mol. The highest BCUT2D eigenvalue weighted by Gasteiger charge is 2.27. The highest BCUT2D eigenvalue weighted by molar-refractivity contribution is 6.29. The van der Waals surface area contributed by atoms with Gasteiger partial charge in [-0.3, -0.25) is 0 Å². The summed E-state index contributed by atoms with van der Waals surface area (Å²) in [6.45, 7) is 7.27. The van der Waals surface area contributed by atoms with Crippen molar-refractivity contribution in [2.75, 3.05) is 22.9 Å². The summed E-state index contributed by atoms with van der Waals surface area (Å²) in [7, 11) is 0. The predicted molar refractivity (Wildman–Crippen MR) is 108 cm³/mol. The second-order valence-electron chi connectivity index (χ2n) is 7.55. The number of piperidine rings is 1. The number of hydrogen-bond acceptors (Lipinski definition) is 5. The number of halogens is 1. The SMILES string of the molecule is CC(C)(C)OC(=O)N(c1ccccc1)c1cc(Cl)nc(N2CCCCC2)n1. The molecule has 0 unspecified atom stereocenters. The Morgan fingerprint density at radius 1 is 1.11 bits per heavy atom. The molecule has 1 saturated heterocycles. The van der Waals surface area contributed by atoms with E-state index in [9.17, 15) is 4.79 Å². The van der Waals surface area contributed by atoms with Crippen molar-refractivity contribution >= 4 is 35.1 Å². The van der Waals surface area contributed by atoms with Crippen molar-refractivity contribution in [3.8, 4) is 0 Å². The van der Waals surface area contributed by atoms with Gasteiger partial charge in [0.1, 0.15) is 16.6 Å². The Bertz CT molecular complexity index is 786. The molecule has 2 aromatic rings. The summed E-state index contributed by atoms with van der Waals surface area (Å²) in [5, 5.41) is 0.296. The van der Waals surface area contributed by atoms with Gasteiger partial charge in [-0.15, -0.1) is 0 Å². The van der Waals surface area contributed by atoms with Gasteiger partial charge in [-0.25, -0.2) is 14.7 Å². The molecule has 0 spiro atoms. The largest absolute Gasteiger partial charge is 0.443 e. The maximum absolute atomic E-state index is 12.9. The fourth-order valence-corrected chi connectivity index (χ4v) is 3.13. The molecule has 0 N–H and O–H groups in total. The molecule has 0 atom stereocenters. The van der Waals surface area contributed by atoms with Gasteiger partial charge in [-0.05, 0) is 52.2 Å². The second kappa shape index (κ2) is 8.13. The van der Waals surface area contributed by atoms with E-state index in [0.717, 1.165) is 25.9 Å². The molecule has 144 valence electrons. The molecule has 7 heteroatoms. The molecular weight excluding hydrogens is 364 g/mol. The molecule has 6 nitrogen and oxygen atoms in total. The number of anilines is 3. The number of para-hydroxylation sites is 1. The minimum absolute atomic E-state index is 0.296. The van der Waals surface area contributed by atoms with Gasteiger partial charge in [0.25, 0.3) is 0 Å². The molecule has 1 fully saturated rings. The number of rotatable bonds is 3. The third kappa shape index (κ3) is 5.10. The van der Waals surface area contributed by atoms with E-state index >= 15 is 0 Å². The van der Waals surface area contributed by atoms with Gasteiger partial charge in [-0.1, -0.05) is 29.8 Å². The Balaban J connectivity index is 2.01. The van der Waals surface area contributed by atoms with Gasteiger partial charge in [0.15, 0.2) is 0 Å². The van der Waals surface area contributed by atoms with Crippen molar-refractivity contribution in [1.82, 2.24) is 9.97 Å². The lowest BCUT2D eigenvalue weighted by Crippen LogP contribution is -2.35. The van der Waals surface area contributed by atoms with E-state index in [0.29, 0.717) is 22.6 Å². The topological polar surface area (TPSA) is 58.6 Å². The van der Waals surface area contributed by atoms with E-state index in [1.165, 1.54) is 11.3 Å². The van der Waals surface area contributed by atoms with Gasteiger partial charge in [0.2, 0.25) is 5.95 Å². The lowest BCUT2D eigenvalue weighted by molar-refractivity contribution is 0.0598. The van der Waals surface area contributed by atoms with Crippen molar-refractivity contribution in [3.05, 3.63) is 41.6 Å². The van der Waals surface area contributed by atoms with Crippen LogP contribution in [0.4, 0.5) is 22.2 Å². The van der Waals surface area contributed by atoms with Crippen LogP contribution in [0.2, 0.25) is 5.15 Å². The van der Waals surface area contributed by atoms with Crippen LogP contribution in [0.1, 0.15) is 40.0 Å². The average Bonchev–Trinajstić information content (AvgIpc) is 2.61. The Labute approximate surface area is 165 Å². The number of hydrogen-bond donors (Lipinski definition) is 0. The number of benzene rings is 1. The fraction of sp³-hybridized carbons (Fsp3) is 0.450. The first-order valence-corrected chi connectivity index (χ1v) is 9.59. The lowest BCUT2D eigenvalue weighted by Gasteiger charge is -2.29. The summed E-state index contributed by atoms with van der Waals surface area (Å²) in [6, 6.07) is 10.9. The zero-order chi connectivity index (χ0) is 19.4. The van der Waals surface area contributed by atoms with E-state index in [2.05, 4.69) is 14.9 Å². The van der Waals surface area contributed by atoms with Crippen LogP contribution in [0.3, 0.4) is 0 Å². The number of ether oxygens (including phenoxy) is 1. The molecule has 1 aliphatic heterocycles. The number of carbonyl (C=O) groups is 1. The van der Waals surface area contributed by atoms with Crippen LogP contribution in [0.15, 0.2) is 36.4 Å². The summed E-state index contributed by atoms with van der Waals surface area (Å²) >= 11 is 6.28. The van der Waals surface area contributed by atoms with Crippen molar-refractivity contribution in [3.63, 3.8) is 0 Å². The Kier molecular flexibility index (Phi) is 5.85. The highest BCUT2D eigenvalue weighted by Crippen LogP contribution is 2.30. The summed E-state index contributed by atoms with van der Waals surface area (Å²) in [6.07, 6.45) is 2.89. The molecule has 0 aliphatic carbocycles. The van der Waals surface area contributed by atoms with Gasteiger partial charge in [0.05, 0.1) is 5.69 Å². The number of carbonyl (C=O) groups excluding carboxylic acids is 1. The lowest BCUT2D eigenvalue weighted by atomic mass is 10.1. The van der Waals surface area contributed by atoms with E-state index in [1.54, 1.807) is 6.07 Å². The van der Waals surface area contributed by atoms with Crippen molar-refractivity contribution in [1.29, 1.82) is 0 Å². The molecule has 0 bridgehead atoms. The molecule has 1 aromatic carbocycles. The zero-order valence-electron chi connectivity index (χ0n) is 16.0. The van der Waals surface area contributed by atoms with Crippen molar-refractivity contribution < 1.29 is 9.53 Å². The summed E-state index contributed by atoms with van der Waals surface area (Å²) in [5.74, 6) is 0.942. The Morgan fingerprint density at radius 3 is 2.41 bits per heavy atom. The third-order valence-electron chi connectivity index (χ3n) is 4.13. The van der Waals surface area contributed by atoms with E-state index in [1.807, 2.05) is 51.1 Å². The monoisotopic (exact) mass is 388 g/mol. The highest BCUT2D eigenvalue weighted by atomic mass is 35.5. The van der Waals surface area contributed by atoms with Crippen molar-refractivity contribution in [2.24, 2.45) is 0 Å². The van der Waals surface area contributed by atoms with E-state index in [4.69, 9.17) is 16.3 Å². The molecule has 1 aromatic heterocycles. The summed E-state index contributed by atoms with van der Waals surface area (Å²) < 4.78 is 5.60. The summed E-state index contributed by atoms with van der Waals surface area (Å²) in [5.41, 5.74) is 0.0301. The zero-order valence-corrected chi connectivity index (χ0v) is 16.7. The quantitative estimate of drug-likeness (QED) is 0.677. The van der Waals surface area contributed by atoms with Crippen LogP contribution in [0.25, 0.3) is 0 Å². The minimum atomic E-state index is -0.628. The molecule has 1 amide bonds. The van der Waals surface area contributed by atoms with Gasteiger partial charge in [0, 0.05) is 19.2 Å². The van der Waals surface area contributed by atoms with Crippen LogP contribution in [-0.2, 0) is 4.74 Å². The van der Waals surface area contributed by atoms with Gasteiger partial charge in [-0.2, -0.15) is 4.98 Å². The maximum atomic E-state index is 12.9. The first kappa shape index (κ1) is 19.4. The Hall–Kier alpha value is -2.34. The van der Waals surface area contributed by atoms with Crippen LogP contribution in [0.5, 0.6) is 0 Å². The fourth-order valence-electron chi connectivity index (χ4n) is 2.96. The van der Waals surface area contributed by atoms with Crippen LogP contribution < -0.4 is 9.80 Å². The van der Waals surface area contributed by atoms with Crippen LogP contribution in [0, 0.1) is 0 Å². The summed E-state index contributed by atoms with van der Waals surface area (Å²) in [4.78, 5) is 25.5. The first-order chi connectivity index (χ1) is 12.8. The number of aromatic nitrogens is 2. The third-order valence-corrected chi connectivity index (χ3v) is 4.32. The molecule has 1 aliphatic rings. The number of amides is 1. The standard InChI is InChI=1S/C20H25ClN4O2/c1-20(2,3)27-19(26)25(15-10-6-4-7-11-15)17-14-16(21)22-18(23-17)24-12-8-5-9-13-24/h4,6-7,10-11,14H,5,8-9,12-13H2,1-3H3. The molecule has 0 saturated carbocycles. The van der Waals surface area contributed by atoms with Crippen molar-refractivity contribution in [2.45, 2.75) is 45.6 Å². The second-order valence-corrected chi connectivity index (χ2v) is 7.94. The Morgan fingerprint density at radius 2 is 1.78 bits per heavy atom. The van der Waals surface area contributed by atoms with E-state index in [-0.39, 0.29) is 0 Å². The smallest absolute Gasteiger partial charge is 0.420 e. The normalized spacial score (nSPS) is 14.7. The van der Waals surface area contributed by atoms with E-state index < -0.39 is 11.7 Å². The van der Waals surface area contributed by atoms with Gasteiger partial charge >= 0.3 is 6.09 Å². The first-order valence-electron chi connectivity index (χ1n) is 9.21. The molecular formula is C20H25ClN4O2. The molecule has 0 radical (unpaired) electrons. The van der Waals surface area contributed by atoms with Gasteiger partial charge < -0.3 is 9.64 Å². The number of nitrogens with zero attached hydrogens (tertiary/aromatic N) is 4. The molecule has 2 heterocycles. The van der Waals surface area contributed by atoms with Crippen LogP contribution >= 0.6 is 11.6 Å². The van der Waals surface area contributed by atoms with Crippen LogP contribution in [-0.4, -0.2) is 34.8 Å². The molecule has 3 rings (SSSR count). The molecule has 27 heavy (non-hydrogen) atoms. The predicted octanol–water partition coefficient (Wildman–Crippen LogP) is 5.19.